The Bertz CT molecular complexity index is 1560. The topological polar surface area (TPSA) is 92.1 Å². The molecule has 2 fully saturated rings. The second kappa shape index (κ2) is 7.88. The molecule has 2 saturated heterocycles. The molecule has 8 nitrogen and oxygen atoms in total. The van der Waals surface area contributed by atoms with E-state index >= 15 is 0 Å². The van der Waals surface area contributed by atoms with Crippen molar-refractivity contribution in [3.8, 4) is 28.4 Å². The first-order valence-electron chi connectivity index (χ1n) is 12.9. The van der Waals surface area contributed by atoms with Crippen molar-refractivity contribution in [2.75, 3.05) is 13.1 Å². The SMILES string of the molecule is C1=C(c2ccc3c(c2)Oc2ccc(-c4cnc([C@@H]5CCCN5)[nH]4)c4cnn-3c24)CC([C@@H]2CCCN2)=N1. The van der Waals surface area contributed by atoms with Crippen molar-refractivity contribution in [2.45, 2.75) is 44.2 Å². The van der Waals surface area contributed by atoms with Gasteiger partial charge in [0.25, 0.3) is 0 Å². The van der Waals surface area contributed by atoms with Gasteiger partial charge >= 0.3 is 0 Å². The number of ether oxygens (including phenoxy) is 1. The molecule has 6 heterocycles. The summed E-state index contributed by atoms with van der Waals surface area (Å²) in [6.45, 7) is 2.14. The highest BCUT2D eigenvalue weighted by Crippen LogP contribution is 2.44. The van der Waals surface area contributed by atoms with Gasteiger partial charge in [0.05, 0.1) is 24.1 Å². The van der Waals surface area contributed by atoms with Crippen LogP contribution in [0.5, 0.6) is 11.5 Å². The minimum Gasteiger partial charge on any atom is -0.453 e. The van der Waals surface area contributed by atoms with Gasteiger partial charge in [0.15, 0.2) is 11.5 Å². The number of aromatic amines is 1. The lowest BCUT2D eigenvalue weighted by molar-refractivity contribution is 0.471. The van der Waals surface area contributed by atoms with Crippen LogP contribution in [0.1, 0.15) is 49.5 Å². The first-order valence-corrected chi connectivity index (χ1v) is 12.9. The number of H-pyrrole nitrogens is 1. The molecule has 3 N–H and O–H groups in total. The number of hydrogen-bond acceptors (Lipinski definition) is 6. The number of nitrogens with zero attached hydrogens (tertiary/aromatic N) is 4. The van der Waals surface area contributed by atoms with Crippen molar-refractivity contribution in [1.29, 1.82) is 0 Å². The van der Waals surface area contributed by atoms with E-state index in [0.717, 1.165) is 76.7 Å². The van der Waals surface area contributed by atoms with Gasteiger partial charge in [-0.25, -0.2) is 9.67 Å². The number of imidazole rings is 1. The molecule has 2 aromatic carbocycles. The van der Waals surface area contributed by atoms with E-state index in [1.807, 2.05) is 29.3 Å². The van der Waals surface area contributed by atoms with Gasteiger partial charge in [-0.2, -0.15) is 5.10 Å². The van der Waals surface area contributed by atoms with Crippen LogP contribution in [0.15, 0.2) is 53.9 Å². The average Bonchev–Trinajstić information content (AvgIpc) is 3.74. The molecule has 4 aliphatic heterocycles. The lowest BCUT2D eigenvalue weighted by Crippen LogP contribution is -2.29. The van der Waals surface area contributed by atoms with E-state index in [-0.39, 0.29) is 0 Å². The number of allylic oxidation sites excluding steroid dienone is 1. The van der Waals surface area contributed by atoms with Crippen molar-refractivity contribution >= 4 is 22.2 Å². The molecule has 8 heteroatoms. The maximum atomic E-state index is 6.44. The Labute approximate surface area is 208 Å². The van der Waals surface area contributed by atoms with E-state index in [4.69, 9.17) is 14.8 Å². The molecular weight excluding hydrogens is 450 g/mol. The third-order valence-electron chi connectivity index (χ3n) is 7.97. The summed E-state index contributed by atoms with van der Waals surface area (Å²) in [4.78, 5) is 12.9. The van der Waals surface area contributed by atoms with Gasteiger partial charge in [-0.15, -0.1) is 0 Å². The Morgan fingerprint density at radius 3 is 2.69 bits per heavy atom. The molecule has 0 aliphatic carbocycles. The Kier molecular flexibility index (Phi) is 4.47. The maximum Gasteiger partial charge on any atom is 0.153 e. The predicted octanol–water partition coefficient (Wildman–Crippen LogP) is 4.88. The first kappa shape index (κ1) is 20.4. The van der Waals surface area contributed by atoms with E-state index in [0.29, 0.717) is 12.1 Å². The van der Waals surface area contributed by atoms with Crippen molar-refractivity contribution in [3.63, 3.8) is 0 Å². The highest BCUT2D eigenvalue weighted by atomic mass is 16.5. The summed E-state index contributed by atoms with van der Waals surface area (Å²) in [5, 5.41) is 12.9. The number of aliphatic imine (C=N–C) groups is 1. The maximum absolute atomic E-state index is 6.44. The summed E-state index contributed by atoms with van der Waals surface area (Å²) in [7, 11) is 0. The molecule has 8 rings (SSSR count). The number of aromatic nitrogens is 4. The Balaban J connectivity index is 1.12. The Morgan fingerprint density at radius 2 is 1.83 bits per heavy atom. The lowest BCUT2D eigenvalue weighted by Gasteiger charge is -2.20. The molecule has 0 bridgehead atoms. The molecule has 4 aromatic rings. The van der Waals surface area contributed by atoms with E-state index < -0.39 is 0 Å². The van der Waals surface area contributed by atoms with Gasteiger partial charge in [-0.1, -0.05) is 6.07 Å². The van der Waals surface area contributed by atoms with E-state index in [9.17, 15) is 0 Å². The number of fused-ring (bicyclic) bond motifs is 2. The highest BCUT2D eigenvalue weighted by Gasteiger charge is 2.27. The molecule has 0 amide bonds. The van der Waals surface area contributed by atoms with Gasteiger partial charge in [0.1, 0.15) is 17.0 Å². The summed E-state index contributed by atoms with van der Waals surface area (Å²) in [6.07, 6.45) is 11.5. The van der Waals surface area contributed by atoms with Gasteiger partial charge in [0.2, 0.25) is 0 Å². The number of hydrogen-bond donors (Lipinski definition) is 3. The largest absolute Gasteiger partial charge is 0.453 e. The van der Waals surface area contributed by atoms with E-state index in [1.54, 1.807) is 0 Å². The van der Waals surface area contributed by atoms with Crippen LogP contribution >= 0.6 is 0 Å². The second-order valence-electron chi connectivity index (χ2n) is 10.1. The minimum absolute atomic E-state index is 0.311. The van der Waals surface area contributed by atoms with Gasteiger partial charge in [-0.3, -0.25) is 4.99 Å². The molecule has 0 radical (unpaired) electrons. The smallest absolute Gasteiger partial charge is 0.153 e. The van der Waals surface area contributed by atoms with Crippen LogP contribution in [0.4, 0.5) is 0 Å². The summed E-state index contributed by atoms with van der Waals surface area (Å²) >= 11 is 0. The van der Waals surface area contributed by atoms with Crippen LogP contribution < -0.4 is 15.4 Å². The highest BCUT2D eigenvalue weighted by molar-refractivity contribution is 6.02. The van der Waals surface area contributed by atoms with Crippen LogP contribution in [0.3, 0.4) is 0 Å². The third-order valence-corrected chi connectivity index (χ3v) is 7.97. The summed E-state index contributed by atoms with van der Waals surface area (Å²) in [6, 6.07) is 11.3. The fourth-order valence-corrected chi connectivity index (χ4v) is 6.07. The van der Waals surface area contributed by atoms with E-state index in [1.165, 1.54) is 30.5 Å². The normalized spacial score (nSPS) is 22.6. The van der Waals surface area contributed by atoms with Crippen LogP contribution in [0.25, 0.3) is 33.4 Å². The number of rotatable bonds is 4. The molecule has 180 valence electrons. The minimum atomic E-state index is 0.311. The average molecular weight is 478 g/mol. The van der Waals surface area contributed by atoms with Crippen LogP contribution in [-0.4, -0.2) is 44.6 Å². The Hall–Kier alpha value is -3.75. The first-order chi connectivity index (χ1) is 17.8. The van der Waals surface area contributed by atoms with Gasteiger partial charge in [-0.05, 0) is 74.2 Å². The van der Waals surface area contributed by atoms with Crippen molar-refractivity contribution in [2.24, 2.45) is 4.99 Å². The molecule has 36 heavy (non-hydrogen) atoms. The van der Waals surface area contributed by atoms with Crippen LogP contribution in [0.2, 0.25) is 0 Å². The zero-order valence-electron chi connectivity index (χ0n) is 19.9. The van der Waals surface area contributed by atoms with Crippen molar-refractivity contribution in [3.05, 3.63) is 60.3 Å². The zero-order valence-corrected chi connectivity index (χ0v) is 19.9. The fourth-order valence-electron chi connectivity index (χ4n) is 6.07. The second-order valence-corrected chi connectivity index (χ2v) is 10.1. The number of benzene rings is 2. The summed E-state index contributed by atoms with van der Waals surface area (Å²) in [5.41, 5.74) is 7.67. The third kappa shape index (κ3) is 3.11. The molecule has 0 saturated carbocycles. The molecular formula is C28H27N7O. The molecule has 0 unspecified atom stereocenters. The number of nitrogens with one attached hydrogen (secondary N) is 3. The van der Waals surface area contributed by atoms with Crippen molar-refractivity contribution < 1.29 is 4.74 Å². The predicted molar refractivity (Wildman–Crippen MR) is 140 cm³/mol. The van der Waals surface area contributed by atoms with Gasteiger partial charge in [0, 0.05) is 35.3 Å². The summed E-state index contributed by atoms with van der Waals surface area (Å²) in [5.74, 6) is 2.65. The molecule has 4 aliphatic rings. The monoisotopic (exact) mass is 477 g/mol. The van der Waals surface area contributed by atoms with Crippen LogP contribution in [0, 0.1) is 0 Å². The van der Waals surface area contributed by atoms with Crippen molar-refractivity contribution in [1.82, 2.24) is 30.4 Å². The molecule has 0 spiro atoms. The quantitative estimate of drug-likeness (QED) is 0.343. The lowest BCUT2D eigenvalue weighted by atomic mass is 9.98. The van der Waals surface area contributed by atoms with E-state index in [2.05, 4.69) is 44.9 Å². The standard InChI is InChI=1S/C28H27N7O/c1-3-20(29-9-1)22-11-17(13-31-22)16-5-7-24-26(12-16)36-25-8-6-18(19-14-33-35(24)27(19)25)23-15-32-28(34-23)21-4-2-10-30-21/h5-8,12-15,20-21,29-30H,1-4,9-11H2,(H,32,34)/t20-,21-/m0/s1. The molecule has 2 aromatic heterocycles. The Morgan fingerprint density at radius 1 is 0.944 bits per heavy atom. The van der Waals surface area contributed by atoms with Gasteiger partial charge < -0.3 is 20.4 Å². The zero-order chi connectivity index (χ0) is 23.6. The summed E-state index contributed by atoms with van der Waals surface area (Å²) < 4.78 is 8.44. The fraction of sp³-hybridized carbons (Fsp3) is 0.321. The molecule has 2 atom stereocenters. The van der Waals surface area contributed by atoms with Crippen LogP contribution in [-0.2, 0) is 0 Å².